The standard InChI is InChI=1S/C16H20O6/c1-16(19)6-10-11(7-22-16)15(18)13-9(14(10)17)4-8(20-2)5-12(13)21-3/h4-5,10-11,14,17,19H,6-7H2,1-3H3/t10-,11-,14+,16+/m1/s1. The van der Waals surface area contributed by atoms with Crippen molar-refractivity contribution in [2.45, 2.75) is 25.2 Å². The number of benzene rings is 1. The van der Waals surface area contributed by atoms with Crippen molar-refractivity contribution in [1.29, 1.82) is 0 Å². The van der Waals surface area contributed by atoms with Crippen LogP contribution in [0.25, 0.3) is 0 Å². The molecule has 1 aromatic rings. The lowest BCUT2D eigenvalue weighted by atomic mass is 9.69. The molecule has 0 spiro atoms. The number of hydrogen-bond acceptors (Lipinski definition) is 6. The Balaban J connectivity index is 2.12. The van der Waals surface area contributed by atoms with Crippen molar-refractivity contribution in [3.8, 4) is 11.5 Å². The highest BCUT2D eigenvalue weighted by molar-refractivity contribution is 6.03. The van der Waals surface area contributed by atoms with E-state index in [1.807, 2.05) is 0 Å². The molecule has 0 saturated carbocycles. The smallest absolute Gasteiger partial charge is 0.172 e. The Morgan fingerprint density at radius 1 is 1.32 bits per heavy atom. The summed E-state index contributed by atoms with van der Waals surface area (Å²) in [5.74, 6) is -1.43. The van der Waals surface area contributed by atoms with Crippen molar-refractivity contribution >= 4 is 5.78 Å². The maximum Gasteiger partial charge on any atom is 0.172 e. The highest BCUT2D eigenvalue weighted by Crippen LogP contribution is 2.48. The van der Waals surface area contributed by atoms with E-state index in [0.717, 1.165) is 0 Å². The summed E-state index contributed by atoms with van der Waals surface area (Å²) >= 11 is 0. The van der Waals surface area contributed by atoms with Crippen molar-refractivity contribution in [2.24, 2.45) is 11.8 Å². The van der Waals surface area contributed by atoms with Gasteiger partial charge in [0, 0.05) is 18.4 Å². The lowest BCUT2D eigenvalue weighted by Crippen LogP contribution is -2.49. The van der Waals surface area contributed by atoms with E-state index in [-0.39, 0.29) is 24.7 Å². The van der Waals surface area contributed by atoms with Crippen LogP contribution in [-0.2, 0) is 4.74 Å². The average Bonchev–Trinajstić information content (AvgIpc) is 2.50. The number of rotatable bonds is 2. The van der Waals surface area contributed by atoms with E-state index in [9.17, 15) is 15.0 Å². The predicted octanol–water partition coefficient (Wildman–Crippen LogP) is 1.29. The Kier molecular flexibility index (Phi) is 3.63. The van der Waals surface area contributed by atoms with E-state index in [1.54, 1.807) is 19.1 Å². The van der Waals surface area contributed by atoms with Crippen LogP contribution < -0.4 is 9.47 Å². The zero-order valence-electron chi connectivity index (χ0n) is 12.8. The fraction of sp³-hybridized carbons (Fsp3) is 0.562. The fourth-order valence-corrected chi connectivity index (χ4v) is 3.44. The summed E-state index contributed by atoms with van der Waals surface area (Å²) in [6.45, 7) is 1.63. The topological polar surface area (TPSA) is 85.2 Å². The molecule has 1 aliphatic heterocycles. The van der Waals surface area contributed by atoms with Crippen LogP contribution in [0.15, 0.2) is 12.1 Å². The van der Waals surface area contributed by atoms with Gasteiger partial charge in [-0.2, -0.15) is 0 Å². The molecule has 22 heavy (non-hydrogen) atoms. The van der Waals surface area contributed by atoms with Gasteiger partial charge in [-0.15, -0.1) is 0 Å². The maximum absolute atomic E-state index is 12.8. The first-order chi connectivity index (χ1) is 10.4. The molecular weight excluding hydrogens is 288 g/mol. The van der Waals surface area contributed by atoms with Gasteiger partial charge in [-0.25, -0.2) is 0 Å². The molecule has 2 aliphatic rings. The molecule has 3 rings (SSSR count). The molecule has 0 unspecified atom stereocenters. The van der Waals surface area contributed by atoms with Crippen molar-refractivity contribution in [3.05, 3.63) is 23.3 Å². The number of ketones is 1. The van der Waals surface area contributed by atoms with E-state index in [2.05, 4.69) is 0 Å². The van der Waals surface area contributed by atoms with Gasteiger partial charge in [0.1, 0.15) is 11.5 Å². The molecule has 2 N–H and O–H groups in total. The summed E-state index contributed by atoms with van der Waals surface area (Å²) in [6, 6.07) is 3.28. The molecule has 120 valence electrons. The second-order valence-electron chi connectivity index (χ2n) is 6.06. The molecule has 4 atom stereocenters. The zero-order chi connectivity index (χ0) is 16.1. The Morgan fingerprint density at radius 3 is 2.68 bits per heavy atom. The molecule has 1 heterocycles. The third kappa shape index (κ3) is 2.27. The zero-order valence-corrected chi connectivity index (χ0v) is 12.8. The van der Waals surface area contributed by atoms with Crippen LogP contribution >= 0.6 is 0 Å². The molecular formula is C16H20O6. The van der Waals surface area contributed by atoms with Crippen molar-refractivity contribution in [1.82, 2.24) is 0 Å². The summed E-state index contributed by atoms with van der Waals surface area (Å²) in [6.07, 6.45) is -0.680. The Bertz CT molecular complexity index is 609. The average molecular weight is 308 g/mol. The highest BCUT2D eigenvalue weighted by Gasteiger charge is 2.49. The summed E-state index contributed by atoms with van der Waals surface area (Å²) in [7, 11) is 2.99. The van der Waals surface area contributed by atoms with Gasteiger partial charge in [-0.1, -0.05) is 0 Å². The molecule has 6 heteroatoms. The number of carbonyl (C=O) groups is 1. The first-order valence-corrected chi connectivity index (χ1v) is 7.22. The van der Waals surface area contributed by atoms with Crippen LogP contribution in [0.2, 0.25) is 0 Å². The maximum atomic E-state index is 12.8. The third-order valence-corrected chi connectivity index (χ3v) is 4.57. The van der Waals surface area contributed by atoms with Gasteiger partial charge in [0.15, 0.2) is 11.6 Å². The first kappa shape index (κ1) is 15.3. The van der Waals surface area contributed by atoms with E-state index < -0.39 is 17.8 Å². The summed E-state index contributed by atoms with van der Waals surface area (Å²) in [5, 5.41) is 20.8. The Hall–Kier alpha value is -1.63. The second-order valence-corrected chi connectivity index (χ2v) is 6.06. The van der Waals surface area contributed by atoms with Crippen molar-refractivity contribution in [2.75, 3.05) is 20.8 Å². The number of fused-ring (bicyclic) bond motifs is 2. The predicted molar refractivity (Wildman–Crippen MR) is 77.0 cm³/mol. The van der Waals surface area contributed by atoms with E-state index in [0.29, 0.717) is 22.6 Å². The summed E-state index contributed by atoms with van der Waals surface area (Å²) < 4.78 is 15.8. The number of carbonyl (C=O) groups excluding carboxylic acids is 1. The number of Topliss-reactive ketones (excluding diaryl/α,β-unsaturated/α-hetero) is 1. The molecule has 1 saturated heterocycles. The molecule has 1 aromatic carbocycles. The highest BCUT2D eigenvalue weighted by atomic mass is 16.6. The number of hydrogen-bond donors (Lipinski definition) is 2. The molecule has 1 fully saturated rings. The molecule has 0 amide bonds. The molecule has 0 radical (unpaired) electrons. The summed E-state index contributed by atoms with van der Waals surface area (Å²) in [4.78, 5) is 12.8. The number of ether oxygens (including phenoxy) is 3. The van der Waals surface area contributed by atoms with Gasteiger partial charge >= 0.3 is 0 Å². The van der Waals surface area contributed by atoms with Crippen LogP contribution in [0.5, 0.6) is 11.5 Å². The van der Waals surface area contributed by atoms with Gasteiger partial charge in [-0.3, -0.25) is 4.79 Å². The first-order valence-electron chi connectivity index (χ1n) is 7.22. The third-order valence-electron chi connectivity index (χ3n) is 4.57. The van der Waals surface area contributed by atoms with Crippen LogP contribution in [-0.4, -0.2) is 42.6 Å². The molecule has 1 aliphatic carbocycles. The van der Waals surface area contributed by atoms with Gasteiger partial charge in [0.05, 0.1) is 38.4 Å². The van der Waals surface area contributed by atoms with E-state index >= 15 is 0 Å². The van der Waals surface area contributed by atoms with E-state index in [4.69, 9.17) is 14.2 Å². The van der Waals surface area contributed by atoms with Crippen LogP contribution in [0, 0.1) is 11.8 Å². The number of aliphatic hydroxyl groups excluding tert-OH is 1. The van der Waals surface area contributed by atoms with Gasteiger partial charge in [0.25, 0.3) is 0 Å². The fourth-order valence-electron chi connectivity index (χ4n) is 3.44. The molecule has 6 nitrogen and oxygen atoms in total. The van der Waals surface area contributed by atoms with Crippen LogP contribution in [0.1, 0.15) is 35.4 Å². The number of aliphatic hydroxyl groups is 2. The second kappa shape index (κ2) is 5.22. The molecule has 0 aromatic heterocycles. The Labute approximate surface area is 128 Å². The normalized spacial score (nSPS) is 33.9. The molecule has 0 bridgehead atoms. The van der Waals surface area contributed by atoms with E-state index in [1.165, 1.54) is 14.2 Å². The van der Waals surface area contributed by atoms with Crippen molar-refractivity contribution < 1.29 is 29.2 Å². The lowest BCUT2D eigenvalue weighted by Gasteiger charge is -2.44. The SMILES string of the molecule is COc1cc(OC)c2c(c1)[C@H](O)[C@@H]1C[C@@](C)(O)OC[C@H]1C2=O. The lowest BCUT2D eigenvalue weighted by molar-refractivity contribution is -0.242. The quantitative estimate of drug-likeness (QED) is 0.856. The van der Waals surface area contributed by atoms with Crippen molar-refractivity contribution in [3.63, 3.8) is 0 Å². The summed E-state index contributed by atoms with van der Waals surface area (Å²) in [5.41, 5.74) is 0.863. The van der Waals surface area contributed by atoms with Gasteiger partial charge < -0.3 is 24.4 Å². The minimum absolute atomic E-state index is 0.0855. The van der Waals surface area contributed by atoms with Crippen LogP contribution in [0.3, 0.4) is 0 Å². The minimum atomic E-state index is -1.33. The minimum Gasteiger partial charge on any atom is -0.497 e. The Morgan fingerprint density at radius 2 is 2.05 bits per heavy atom. The number of methoxy groups -OCH3 is 2. The monoisotopic (exact) mass is 308 g/mol. The van der Waals surface area contributed by atoms with Gasteiger partial charge in [0.2, 0.25) is 0 Å². The largest absolute Gasteiger partial charge is 0.497 e. The van der Waals surface area contributed by atoms with Gasteiger partial charge in [-0.05, 0) is 18.6 Å². The van der Waals surface area contributed by atoms with Crippen LogP contribution in [0.4, 0.5) is 0 Å².